The van der Waals surface area contributed by atoms with Crippen LogP contribution in [-0.4, -0.2) is 41.6 Å². The molecule has 152 valence electrons. The third kappa shape index (κ3) is 4.79. The summed E-state index contributed by atoms with van der Waals surface area (Å²) in [7, 11) is -3.76. The monoisotopic (exact) mass is 409 g/mol. The summed E-state index contributed by atoms with van der Waals surface area (Å²) in [5, 5.41) is 0. The quantitative estimate of drug-likeness (QED) is 0.603. The van der Waals surface area contributed by atoms with Gasteiger partial charge in [-0.3, -0.25) is 0 Å². The van der Waals surface area contributed by atoms with Gasteiger partial charge in [-0.1, -0.05) is 0 Å². The number of rotatable bonds is 10. The van der Waals surface area contributed by atoms with E-state index in [0.717, 1.165) is 0 Å². The van der Waals surface area contributed by atoms with Gasteiger partial charge in [0.1, 0.15) is 28.8 Å². The summed E-state index contributed by atoms with van der Waals surface area (Å²) in [6, 6.07) is 9.83. The second-order valence-corrected chi connectivity index (χ2v) is 7.47. The van der Waals surface area contributed by atoms with Crippen LogP contribution in [0.5, 0.6) is 28.7 Å². The fourth-order valence-corrected chi connectivity index (χ4v) is 3.76. The van der Waals surface area contributed by atoms with E-state index in [4.69, 9.17) is 23.7 Å². The van der Waals surface area contributed by atoms with Crippen molar-refractivity contribution in [1.29, 1.82) is 0 Å². The number of fused-ring (bicyclic) bond motifs is 1. The lowest BCUT2D eigenvalue weighted by Gasteiger charge is -2.14. The zero-order valence-corrected chi connectivity index (χ0v) is 16.6. The van der Waals surface area contributed by atoms with Crippen LogP contribution in [0.15, 0.2) is 41.3 Å². The maximum Gasteiger partial charge on any atom is 0.244 e. The molecule has 0 atom stereocenters. The Morgan fingerprint density at radius 3 is 2.43 bits per heavy atom. The summed E-state index contributed by atoms with van der Waals surface area (Å²) in [4.78, 5) is 0.0564. The molecule has 1 heterocycles. The maximum atomic E-state index is 12.6. The standard InChI is InChI=1S/C19H23NO7S/c1-3-23-14-6-8-19(18(12-14)24-4-2)28(21,22)20-9-10-25-15-5-7-16-17(11-15)27-13-26-16/h5-8,11-12,20H,3-4,9-10,13H2,1-2H3. The Kier molecular flexibility index (Phi) is 6.48. The van der Waals surface area contributed by atoms with E-state index in [1.54, 1.807) is 37.3 Å². The lowest BCUT2D eigenvalue weighted by Crippen LogP contribution is -2.28. The van der Waals surface area contributed by atoms with E-state index in [2.05, 4.69) is 4.72 Å². The minimum atomic E-state index is -3.76. The van der Waals surface area contributed by atoms with Gasteiger partial charge >= 0.3 is 0 Å². The first kappa shape index (κ1) is 20.1. The predicted octanol–water partition coefficient (Wildman–Crippen LogP) is 2.57. The molecule has 0 saturated heterocycles. The van der Waals surface area contributed by atoms with E-state index < -0.39 is 10.0 Å². The second kappa shape index (κ2) is 9.03. The van der Waals surface area contributed by atoms with Gasteiger partial charge in [-0.2, -0.15) is 0 Å². The predicted molar refractivity (Wildman–Crippen MR) is 102 cm³/mol. The van der Waals surface area contributed by atoms with Crippen molar-refractivity contribution in [3.63, 3.8) is 0 Å². The van der Waals surface area contributed by atoms with E-state index in [0.29, 0.717) is 36.2 Å². The van der Waals surface area contributed by atoms with Crippen LogP contribution in [0, 0.1) is 0 Å². The molecule has 0 amide bonds. The molecule has 0 radical (unpaired) electrons. The molecule has 0 aliphatic carbocycles. The number of hydrogen-bond donors (Lipinski definition) is 1. The third-order valence-corrected chi connectivity index (χ3v) is 5.32. The highest BCUT2D eigenvalue weighted by Gasteiger charge is 2.20. The fraction of sp³-hybridized carbons (Fsp3) is 0.368. The molecule has 1 aliphatic rings. The molecule has 0 bridgehead atoms. The van der Waals surface area contributed by atoms with Crippen molar-refractivity contribution in [3.05, 3.63) is 36.4 Å². The summed E-state index contributed by atoms with van der Waals surface area (Å²) >= 11 is 0. The van der Waals surface area contributed by atoms with Gasteiger partial charge in [0.25, 0.3) is 0 Å². The summed E-state index contributed by atoms with van der Waals surface area (Å²) < 4.78 is 54.8. The van der Waals surface area contributed by atoms with E-state index in [9.17, 15) is 8.42 Å². The number of sulfonamides is 1. The Morgan fingerprint density at radius 1 is 0.929 bits per heavy atom. The van der Waals surface area contributed by atoms with Crippen molar-refractivity contribution < 1.29 is 32.1 Å². The van der Waals surface area contributed by atoms with Crippen molar-refractivity contribution in [1.82, 2.24) is 4.72 Å². The zero-order chi connectivity index (χ0) is 20.0. The smallest absolute Gasteiger partial charge is 0.244 e. The topological polar surface area (TPSA) is 92.3 Å². The van der Waals surface area contributed by atoms with Gasteiger partial charge < -0.3 is 23.7 Å². The second-order valence-electron chi connectivity index (χ2n) is 5.74. The summed E-state index contributed by atoms with van der Waals surface area (Å²) in [6.07, 6.45) is 0. The molecule has 0 fully saturated rings. The highest BCUT2D eigenvalue weighted by Crippen LogP contribution is 2.35. The Bertz CT molecular complexity index is 914. The Balaban J connectivity index is 1.60. The van der Waals surface area contributed by atoms with E-state index in [1.807, 2.05) is 6.92 Å². The van der Waals surface area contributed by atoms with Crippen LogP contribution in [0.2, 0.25) is 0 Å². The summed E-state index contributed by atoms with van der Waals surface area (Å²) in [5.41, 5.74) is 0. The van der Waals surface area contributed by atoms with Gasteiger partial charge in [0, 0.05) is 18.7 Å². The molecule has 2 aromatic carbocycles. The number of hydrogen-bond acceptors (Lipinski definition) is 7. The normalized spacial score (nSPS) is 12.6. The van der Waals surface area contributed by atoms with Crippen LogP contribution in [-0.2, 0) is 10.0 Å². The molecular weight excluding hydrogens is 386 g/mol. The largest absolute Gasteiger partial charge is 0.494 e. The molecule has 3 rings (SSSR count). The lowest BCUT2D eigenvalue weighted by atomic mass is 10.3. The molecule has 0 unspecified atom stereocenters. The van der Waals surface area contributed by atoms with Crippen molar-refractivity contribution in [2.45, 2.75) is 18.7 Å². The maximum absolute atomic E-state index is 12.6. The molecule has 1 N–H and O–H groups in total. The van der Waals surface area contributed by atoms with Gasteiger partial charge in [-0.25, -0.2) is 13.1 Å². The van der Waals surface area contributed by atoms with Crippen molar-refractivity contribution in [2.75, 3.05) is 33.2 Å². The molecular formula is C19H23NO7S. The number of nitrogens with one attached hydrogen (secondary N) is 1. The van der Waals surface area contributed by atoms with Crippen LogP contribution < -0.4 is 28.4 Å². The van der Waals surface area contributed by atoms with Crippen LogP contribution in [0.25, 0.3) is 0 Å². The first-order chi connectivity index (χ1) is 13.5. The molecule has 8 nitrogen and oxygen atoms in total. The first-order valence-corrected chi connectivity index (χ1v) is 10.4. The highest BCUT2D eigenvalue weighted by atomic mass is 32.2. The van der Waals surface area contributed by atoms with Gasteiger partial charge in [0.05, 0.1) is 13.2 Å². The molecule has 1 aliphatic heterocycles. The summed E-state index contributed by atoms with van der Waals surface area (Å²) in [6.45, 7) is 4.89. The average molecular weight is 409 g/mol. The molecule has 9 heteroatoms. The molecule has 0 aromatic heterocycles. The van der Waals surface area contributed by atoms with E-state index in [1.165, 1.54) is 6.07 Å². The Morgan fingerprint density at radius 2 is 1.64 bits per heavy atom. The SMILES string of the molecule is CCOc1ccc(S(=O)(=O)NCCOc2ccc3c(c2)OCO3)c(OCC)c1. The Hall–Kier alpha value is -2.65. The Labute approximate surface area is 164 Å². The fourth-order valence-electron chi connectivity index (χ4n) is 2.62. The first-order valence-electron chi connectivity index (χ1n) is 8.95. The average Bonchev–Trinajstić information content (AvgIpc) is 3.14. The number of benzene rings is 2. The molecule has 0 saturated carbocycles. The van der Waals surface area contributed by atoms with Crippen LogP contribution in [0.3, 0.4) is 0 Å². The molecule has 28 heavy (non-hydrogen) atoms. The van der Waals surface area contributed by atoms with Crippen molar-refractivity contribution >= 4 is 10.0 Å². The molecule has 0 spiro atoms. The lowest BCUT2D eigenvalue weighted by molar-refractivity contribution is 0.173. The van der Waals surface area contributed by atoms with E-state index >= 15 is 0 Å². The molecule has 2 aromatic rings. The van der Waals surface area contributed by atoms with Gasteiger partial charge in [0.15, 0.2) is 11.5 Å². The van der Waals surface area contributed by atoms with Gasteiger partial charge in [-0.05, 0) is 38.1 Å². The van der Waals surface area contributed by atoms with Crippen LogP contribution in [0.1, 0.15) is 13.8 Å². The number of ether oxygens (including phenoxy) is 5. The van der Waals surface area contributed by atoms with Crippen LogP contribution in [0.4, 0.5) is 0 Å². The zero-order valence-electron chi connectivity index (χ0n) is 15.8. The van der Waals surface area contributed by atoms with E-state index in [-0.39, 0.29) is 30.6 Å². The van der Waals surface area contributed by atoms with Crippen molar-refractivity contribution in [2.24, 2.45) is 0 Å². The summed E-state index contributed by atoms with van der Waals surface area (Å²) in [5.74, 6) is 2.63. The van der Waals surface area contributed by atoms with Crippen molar-refractivity contribution in [3.8, 4) is 28.7 Å². The minimum Gasteiger partial charge on any atom is -0.494 e. The highest BCUT2D eigenvalue weighted by molar-refractivity contribution is 7.89. The van der Waals surface area contributed by atoms with Gasteiger partial charge in [-0.15, -0.1) is 0 Å². The van der Waals surface area contributed by atoms with Crippen LogP contribution >= 0.6 is 0 Å². The minimum absolute atomic E-state index is 0.0564. The van der Waals surface area contributed by atoms with Gasteiger partial charge in [0.2, 0.25) is 16.8 Å². The third-order valence-electron chi connectivity index (χ3n) is 3.82.